The summed E-state index contributed by atoms with van der Waals surface area (Å²) in [5.41, 5.74) is 6.06. The lowest BCUT2D eigenvalue weighted by molar-refractivity contribution is 0.273. The molecule has 18 heavy (non-hydrogen) atoms. The topological polar surface area (TPSA) is 50.4 Å². The van der Waals surface area contributed by atoms with Crippen LogP contribution in [0.4, 0.5) is 0 Å². The molecule has 3 fully saturated rings. The molecule has 0 aromatic heterocycles. The van der Waals surface area contributed by atoms with E-state index < -0.39 is 0 Å². The van der Waals surface area contributed by atoms with Crippen molar-refractivity contribution in [2.75, 3.05) is 0 Å². The van der Waals surface area contributed by atoms with Crippen LogP contribution in [-0.4, -0.2) is 18.0 Å². The van der Waals surface area contributed by atoms with Gasteiger partial charge in [0.05, 0.1) is 6.04 Å². The normalized spacial score (nSPS) is 34.8. The fourth-order valence-electron chi connectivity index (χ4n) is 3.57. The molecule has 3 aliphatic rings. The van der Waals surface area contributed by atoms with Crippen LogP contribution in [-0.2, 0) is 0 Å². The highest BCUT2D eigenvalue weighted by Gasteiger charge is 2.45. The SMILES string of the molecule is NC(=N[C@@H]1C[C@H]1C1CCC1)NC1CCCCCC1. The number of nitrogens with zero attached hydrogens (tertiary/aromatic N) is 1. The van der Waals surface area contributed by atoms with Gasteiger partial charge in [-0.05, 0) is 31.1 Å². The number of nitrogens with one attached hydrogen (secondary N) is 1. The first-order valence-corrected chi connectivity index (χ1v) is 7.93. The van der Waals surface area contributed by atoms with E-state index in [0.717, 1.165) is 11.8 Å². The largest absolute Gasteiger partial charge is 0.370 e. The number of hydrogen-bond donors (Lipinski definition) is 2. The second-order valence-corrected chi connectivity index (χ2v) is 6.51. The lowest BCUT2D eigenvalue weighted by Crippen LogP contribution is -2.40. The lowest BCUT2D eigenvalue weighted by Gasteiger charge is -2.25. The fraction of sp³-hybridized carbons (Fsp3) is 0.933. The molecule has 0 aromatic rings. The zero-order valence-electron chi connectivity index (χ0n) is 11.4. The Balaban J connectivity index is 1.44. The third-order valence-corrected chi connectivity index (χ3v) is 5.07. The zero-order valence-corrected chi connectivity index (χ0v) is 11.4. The van der Waals surface area contributed by atoms with Crippen LogP contribution in [0, 0.1) is 11.8 Å². The van der Waals surface area contributed by atoms with E-state index >= 15 is 0 Å². The molecule has 0 spiro atoms. The Bertz CT molecular complexity index is 301. The molecule has 3 aliphatic carbocycles. The first-order valence-electron chi connectivity index (χ1n) is 7.93. The minimum atomic E-state index is 0.550. The summed E-state index contributed by atoms with van der Waals surface area (Å²) in [5, 5.41) is 3.45. The van der Waals surface area contributed by atoms with E-state index in [4.69, 9.17) is 5.73 Å². The van der Waals surface area contributed by atoms with E-state index in [9.17, 15) is 0 Å². The summed E-state index contributed by atoms with van der Waals surface area (Å²) in [5.74, 6) is 2.56. The van der Waals surface area contributed by atoms with Gasteiger partial charge in [0, 0.05) is 6.04 Å². The van der Waals surface area contributed by atoms with Crippen LogP contribution >= 0.6 is 0 Å². The van der Waals surface area contributed by atoms with Gasteiger partial charge in [0.2, 0.25) is 0 Å². The molecule has 3 nitrogen and oxygen atoms in total. The first-order chi connectivity index (χ1) is 8.83. The van der Waals surface area contributed by atoms with Gasteiger partial charge < -0.3 is 11.1 Å². The van der Waals surface area contributed by atoms with Crippen molar-refractivity contribution in [3.05, 3.63) is 0 Å². The van der Waals surface area contributed by atoms with E-state index in [0.29, 0.717) is 18.0 Å². The molecule has 0 aliphatic heterocycles. The van der Waals surface area contributed by atoms with Crippen LogP contribution in [0.5, 0.6) is 0 Å². The zero-order chi connectivity index (χ0) is 12.4. The predicted molar refractivity (Wildman–Crippen MR) is 75.5 cm³/mol. The van der Waals surface area contributed by atoms with Crippen molar-refractivity contribution in [3.8, 4) is 0 Å². The number of nitrogens with two attached hydrogens (primary N) is 1. The maximum atomic E-state index is 6.06. The second-order valence-electron chi connectivity index (χ2n) is 6.51. The third-order valence-electron chi connectivity index (χ3n) is 5.07. The molecule has 3 heteroatoms. The van der Waals surface area contributed by atoms with Crippen LogP contribution in [0.3, 0.4) is 0 Å². The van der Waals surface area contributed by atoms with Gasteiger partial charge in [-0.25, -0.2) is 4.99 Å². The monoisotopic (exact) mass is 249 g/mol. The van der Waals surface area contributed by atoms with E-state index in [1.807, 2.05) is 0 Å². The summed E-state index contributed by atoms with van der Waals surface area (Å²) >= 11 is 0. The smallest absolute Gasteiger partial charge is 0.189 e. The van der Waals surface area contributed by atoms with Gasteiger partial charge in [-0.15, -0.1) is 0 Å². The Kier molecular flexibility index (Phi) is 3.76. The van der Waals surface area contributed by atoms with Crippen LogP contribution in [0.25, 0.3) is 0 Å². The van der Waals surface area contributed by atoms with Gasteiger partial charge >= 0.3 is 0 Å². The third kappa shape index (κ3) is 2.99. The van der Waals surface area contributed by atoms with Crippen molar-refractivity contribution in [3.63, 3.8) is 0 Å². The summed E-state index contributed by atoms with van der Waals surface area (Å²) in [6.07, 6.45) is 13.6. The van der Waals surface area contributed by atoms with Crippen molar-refractivity contribution in [1.82, 2.24) is 5.32 Å². The minimum absolute atomic E-state index is 0.550. The fourth-order valence-corrected chi connectivity index (χ4v) is 3.57. The van der Waals surface area contributed by atoms with Crippen molar-refractivity contribution in [2.45, 2.75) is 76.3 Å². The molecule has 3 N–H and O–H groups in total. The minimum Gasteiger partial charge on any atom is -0.370 e. The Morgan fingerprint density at radius 3 is 2.28 bits per heavy atom. The van der Waals surface area contributed by atoms with Gasteiger partial charge in [0.15, 0.2) is 5.96 Å². The van der Waals surface area contributed by atoms with Gasteiger partial charge in [-0.3, -0.25) is 0 Å². The molecule has 3 rings (SSSR count). The molecule has 0 heterocycles. The Labute approximate surface area is 111 Å². The van der Waals surface area contributed by atoms with E-state index in [2.05, 4.69) is 10.3 Å². The average molecular weight is 249 g/mol. The Hall–Kier alpha value is -0.730. The molecule has 0 unspecified atom stereocenters. The molecule has 0 bridgehead atoms. The van der Waals surface area contributed by atoms with E-state index in [1.165, 1.54) is 64.2 Å². The van der Waals surface area contributed by atoms with E-state index in [1.54, 1.807) is 0 Å². The first kappa shape index (κ1) is 12.3. The van der Waals surface area contributed by atoms with Crippen molar-refractivity contribution in [2.24, 2.45) is 22.6 Å². The molecular weight excluding hydrogens is 222 g/mol. The average Bonchev–Trinajstić information content (AvgIpc) is 3.02. The summed E-state index contributed by atoms with van der Waals surface area (Å²) in [6.45, 7) is 0. The molecule has 0 saturated heterocycles. The highest BCUT2D eigenvalue weighted by Crippen LogP contribution is 2.48. The summed E-state index contributed by atoms with van der Waals surface area (Å²) in [6, 6.07) is 1.13. The molecule has 2 atom stereocenters. The standard InChI is InChI=1S/C15H27N3/c16-15(17-12-8-3-1-2-4-9-12)18-14-10-13(14)11-6-5-7-11/h11-14H,1-10H2,(H3,16,17,18)/t13-,14+/m0/s1. The van der Waals surface area contributed by atoms with Gasteiger partial charge in [-0.1, -0.05) is 44.9 Å². The quantitative estimate of drug-likeness (QED) is 0.459. The summed E-state index contributed by atoms with van der Waals surface area (Å²) in [7, 11) is 0. The maximum Gasteiger partial charge on any atom is 0.189 e. The van der Waals surface area contributed by atoms with Gasteiger partial charge in [-0.2, -0.15) is 0 Å². The number of rotatable bonds is 3. The molecule has 0 amide bonds. The highest BCUT2D eigenvalue weighted by atomic mass is 15.1. The molecule has 0 radical (unpaired) electrons. The van der Waals surface area contributed by atoms with Crippen LogP contribution in [0.15, 0.2) is 4.99 Å². The maximum absolute atomic E-state index is 6.06. The molecule has 3 saturated carbocycles. The predicted octanol–water partition coefficient (Wildman–Crippen LogP) is 2.80. The van der Waals surface area contributed by atoms with Crippen LogP contribution in [0.2, 0.25) is 0 Å². The molecular formula is C15H27N3. The van der Waals surface area contributed by atoms with Crippen molar-refractivity contribution >= 4 is 5.96 Å². The van der Waals surface area contributed by atoms with Crippen molar-refractivity contribution in [1.29, 1.82) is 0 Å². The molecule has 0 aromatic carbocycles. The van der Waals surface area contributed by atoms with E-state index in [-0.39, 0.29) is 0 Å². The number of hydrogen-bond acceptors (Lipinski definition) is 1. The summed E-state index contributed by atoms with van der Waals surface area (Å²) in [4.78, 5) is 4.68. The van der Waals surface area contributed by atoms with Crippen LogP contribution in [0.1, 0.15) is 64.2 Å². The second kappa shape index (κ2) is 5.50. The highest BCUT2D eigenvalue weighted by molar-refractivity contribution is 5.78. The molecule has 102 valence electrons. The van der Waals surface area contributed by atoms with Crippen molar-refractivity contribution < 1.29 is 0 Å². The van der Waals surface area contributed by atoms with Gasteiger partial charge in [0.1, 0.15) is 0 Å². The Morgan fingerprint density at radius 1 is 0.944 bits per heavy atom. The Morgan fingerprint density at radius 2 is 1.67 bits per heavy atom. The van der Waals surface area contributed by atoms with Gasteiger partial charge in [0.25, 0.3) is 0 Å². The summed E-state index contributed by atoms with van der Waals surface area (Å²) < 4.78 is 0. The lowest BCUT2D eigenvalue weighted by atomic mass is 9.81. The number of aliphatic imine (C=N–C) groups is 1. The number of guanidine groups is 1. The van der Waals surface area contributed by atoms with Crippen LogP contribution < -0.4 is 11.1 Å².